The van der Waals surface area contributed by atoms with Crippen molar-refractivity contribution in [3.63, 3.8) is 0 Å². The SMILES string of the molecule is Cc1cc(SC2=C(O)CC(CCc3ccccc3)(C(C)C)OC2=O)c(C(C)(C)C)cc1NS(=O)(=O)c1ccc(C#N)cc1. The van der Waals surface area contributed by atoms with Gasteiger partial charge in [-0.05, 0) is 84.2 Å². The van der Waals surface area contributed by atoms with E-state index in [1.165, 1.54) is 24.3 Å². The predicted octanol–water partition coefficient (Wildman–Crippen LogP) is 7.80. The third kappa shape index (κ3) is 7.26. The molecule has 1 heterocycles. The maximum atomic E-state index is 13.5. The molecule has 1 atom stereocenters. The number of aliphatic hydroxyl groups excluding tert-OH is 1. The molecule has 9 heteroatoms. The van der Waals surface area contributed by atoms with Crippen molar-refractivity contribution in [2.45, 2.75) is 81.6 Å². The zero-order valence-electron chi connectivity index (χ0n) is 25.4. The summed E-state index contributed by atoms with van der Waals surface area (Å²) in [6.07, 6.45) is 1.52. The topological polar surface area (TPSA) is 116 Å². The fourth-order valence-corrected chi connectivity index (χ4v) is 7.45. The molecule has 0 fully saturated rings. The van der Waals surface area contributed by atoms with Gasteiger partial charge < -0.3 is 9.84 Å². The maximum absolute atomic E-state index is 13.5. The zero-order chi connectivity index (χ0) is 31.6. The smallest absolute Gasteiger partial charge is 0.349 e. The molecule has 1 aliphatic rings. The van der Waals surface area contributed by atoms with Crippen LogP contribution in [0.5, 0.6) is 0 Å². The molecule has 3 aromatic carbocycles. The Kier molecular flexibility index (Phi) is 9.33. The number of cyclic esters (lactones) is 1. The minimum absolute atomic E-state index is 0.00567. The van der Waals surface area contributed by atoms with Crippen LogP contribution < -0.4 is 4.72 Å². The number of nitrogens with zero attached hydrogens (tertiary/aromatic N) is 1. The normalized spacial score (nSPS) is 17.5. The van der Waals surface area contributed by atoms with E-state index in [0.29, 0.717) is 23.2 Å². The number of aliphatic hydroxyl groups is 1. The summed E-state index contributed by atoms with van der Waals surface area (Å²) in [6.45, 7) is 11.8. The minimum atomic E-state index is -3.92. The molecule has 7 nitrogen and oxygen atoms in total. The van der Waals surface area contributed by atoms with Crippen LogP contribution in [0.25, 0.3) is 0 Å². The molecule has 1 aliphatic heterocycles. The third-order valence-electron chi connectivity index (χ3n) is 7.83. The summed E-state index contributed by atoms with van der Waals surface area (Å²) in [7, 11) is -3.92. The van der Waals surface area contributed by atoms with Crippen molar-refractivity contribution in [1.29, 1.82) is 5.26 Å². The van der Waals surface area contributed by atoms with Gasteiger partial charge in [0, 0.05) is 11.3 Å². The number of carbonyl (C=O) groups is 1. The fraction of sp³-hybridized carbons (Fsp3) is 0.353. The molecule has 0 amide bonds. The van der Waals surface area contributed by atoms with Gasteiger partial charge in [0.1, 0.15) is 16.3 Å². The van der Waals surface area contributed by atoms with Crippen molar-refractivity contribution in [3.05, 3.63) is 99.6 Å². The molecule has 1 unspecified atom stereocenters. The fourth-order valence-electron chi connectivity index (χ4n) is 5.08. The van der Waals surface area contributed by atoms with E-state index in [2.05, 4.69) is 4.72 Å². The number of aryl methyl sites for hydroxylation is 2. The maximum Gasteiger partial charge on any atom is 0.349 e. The predicted molar refractivity (Wildman–Crippen MR) is 170 cm³/mol. The van der Waals surface area contributed by atoms with E-state index in [4.69, 9.17) is 10.00 Å². The Morgan fingerprint density at radius 2 is 1.74 bits per heavy atom. The van der Waals surface area contributed by atoms with Crippen LogP contribution >= 0.6 is 11.8 Å². The van der Waals surface area contributed by atoms with Crippen molar-refractivity contribution in [2.75, 3.05) is 4.72 Å². The number of esters is 1. The van der Waals surface area contributed by atoms with Gasteiger partial charge in [-0.25, -0.2) is 13.2 Å². The van der Waals surface area contributed by atoms with E-state index < -0.39 is 27.0 Å². The lowest BCUT2D eigenvalue weighted by molar-refractivity contribution is -0.164. The van der Waals surface area contributed by atoms with E-state index in [-0.39, 0.29) is 27.9 Å². The Hall–Kier alpha value is -3.74. The molecule has 0 spiro atoms. The molecule has 226 valence electrons. The van der Waals surface area contributed by atoms with E-state index in [1.54, 1.807) is 13.0 Å². The molecular weight excluding hydrogens is 581 g/mol. The number of hydrogen-bond acceptors (Lipinski definition) is 7. The van der Waals surface area contributed by atoms with Gasteiger partial charge in [0.2, 0.25) is 0 Å². The molecule has 4 rings (SSSR count). The molecule has 43 heavy (non-hydrogen) atoms. The Balaban J connectivity index is 1.64. The quantitative estimate of drug-likeness (QED) is 0.235. The zero-order valence-corrected chi connectivity index (χ0v) is 27.0. The van der Waals surface area contributed by atoms with Crippen molar-refractivity contribution < 1.29 is 23.1 Å². The van der Waals surface area contributed by atoms with Crippen molar-refractivity contribution in [1.82, 2.24) is 0 Å². The number of anilines is 1. The number of ether oxygens (including phenoxy) is 1. The van der Waals surface area contributed by atoms with E-state index in [9.17, 15) is 18.3 Å². The molecule has 2 N–H and O–H groups in total. The average molecular weight is 619 g/mol. The van der Waals surface area contributed by atoms with Crippen LogP contribution in [0.4, 0.5) is 5.69 Å². The standard InChI is InChI=1S/C34H38N2O5S2/c1-22(2)34(17-16-24-10-8-7-9-11-24)20-29(37)31(32(38)41-34)42-30-18-23(3)28(19-27(30)33(4,5)6)36-43(39,40)26-14-12-25(21-35)13-15-26/h7-15,18-19,22,36-37H,16-17,20H2,1-6H3. The molecule has 0 saturated heterocycles. The monoisotopic (exact) mass is 618 g/mol. The second-order valence-corrected chi connectivity index (χ2v) is 15.0. The Bertz CT molecular complexity index is 1680. The van der Waals surface area contributed by atoms with Crippen molar-refractivity contribution >= 4 is 33.4 Å². The first kappa shape index (κ1) is 32.2. The van der Waals surface area contributed by atoms with E-state index in [0.717, 1.165) is 34.2 Å². The molecule has 0 radical (unpaired) electrons. The molecular formula is C34H38N2O5S2. The number of hydrogen-bond donors (Lipinski definition) is 2. The van der Waals surface area contributed by atoms with Crippen LogP contribution in [-0.4, -0.2) is 25.1 Å². The highest BCUT2D eigenvalue weighted by Crippen LogP contribution is 2.46. The van der Waals surface area contributed by atoms with Gasteiger partial charge >= 0.3 is 5.97 Å². The first-order chi connectivity index (χ1) is 20.1. The number of carbonyl (C=O) groups excluding carboxylic acids is 1. The first-order valence-corrected chi connectivity index (χ1v) is 16.5. The highest BCUT2D eigenvalue weighted by molar-refractivity contribution is 8.04. The highest BCUT2D eigenvalue weighted by Gasteiger charge is 2.44. The summed E-state index contributed by atoms with van der Waals surface area (Å²) >= 11 is 1.15. The van der Waals surface area contributed by atoms with Gasteiger partial charge in [-0.2, -0.15) is 5.26 Å². The number of benzene rings is 3. The lowest BCUT2D eigenvalue weighted by Gasteiger charge is -2.40. The number of nitrogens with one attached hydrogen (secondary N) is 1. The average Bonchev–Trinajstić information content (AvgIpc) is 2.95. The third-order valence-corrected chi connectivity index (χ3v) is 10.4. The molecule has 0 aromatic heterocycles. The van der Waals surface area contributed by atoms with Crippen LogP contribution in [0.3, 0.4) is 0 Å². The molecule has 0 bridgehead atoms. The van der Waals surface area contributed by atoms with E-state index in [1.807, 2.05) is 77.1 Å². The lowest BCUT2D eigenvalue weighted by Crippen LogP contribution is -2.44. The van der Waals surface area contributed by atoms with Gasteiger partial charge in [0.15, 0.2) is 0 Å². The van der Waals surface area contributed by atoms with Gasteiger partial charge in [0.05, 0.1) is 22.2 Å². The lowest BCUT2D eigenvalue weighted by atomic mass is 9.80. The van der Waals surface area contributed by atoms with Crippen LogP contribution in [-0.2, 0) is 31.4 Å². The largest absolute Gasteiger partial charge is 0.511 e. The summed E-state index contributed by atoms with van der Waals surface area (Å²) in [4.78, 5) is 14.4. The summed E-state index contributed by atoms with van der Waals surface area (Å²) in [5, 5.41) is 20.3. The van der Waals surface area contributed by atoms with Crippen LogP contribution in [0, 0.1) is 24.2 Å². The molecule has 0 aliphatic carbocycles. The van der Waals surface area contributed by atoms with Crippen molar-refractivity contribution in [2.24, 2.45) is 5.92 Å². The second-order valence-electron chi connectivity index (χ2n) is 12.3. The molecule has 3 aromatic rings. The summed E-state index contributed by atoms with van der Waals surface area (Å²) in [5.41, 5.74) is 2.13. The second kappa shape index (κ2) is 12.5. The Labute approximate surface area is 259 Å². The van der Waals surface area contributed by atoms with Gasteiger partial charge in [-0.3, -0.25) is 4.72 Å². The minimum Gasteiger partial charge on any atom is -0.511 e. The van der Waals surface area contributed by atoms with Gasteiger partial charge in [-0.15, -0.1) is 0 Å². The number of thioether (sulfide) groups is 1. The first-order valence-electron chi connectivity index (χ1n) is 14.2. The summed E-state index contributed by atoms with van der Waals surface area (Å²) in [5.74, 6) is -0.561. The highest BCUT2D eigenvalue weighted by atomic mass is 32.2. The van der Waals surface area contributed by atoms with Crippen LogP contribution in [0.1, 0.15) is 69.7 Å². The number of sulfonamides is 1. The van der Waals surface area contributed by atoms with Gasteiger partial charge in [0.25, 0.3) is 10.0 Å². The van der Waals surface area contributed by atoms with E-state index >= 15 is 0 Å². The van der Waals surface area contributed by atoms with Crippen LogP contribution in [0.15, 0.2) is 87.2 Å². The number of rotatable bonds is 9. The molecule has 0 saturated carbocycles. The van der Waals surface area contributed by atoms with Crippen LogP contribution in [0.2, 0.25) is 0 Å². The van der Waals surface area contributed by atoms with Gasteiger partial charge in [-0.1, -0.05) is 76.7 Å². The van der Waals surface area contributed by atoms with Crippen molar-refractivity contribution in [3.8, 4) is 6.07 Å². The number of nitriles is 1. The summed E-state index contributed by atoms with van der Waals surface area (Å²) < 4.78 is 35.1. The Morgan fingerprint density at radius 3 is 2.30 bits per heavy atom. The summed E-state index contributed by atoms with van der Waals surface area (Å²) in [6, 6.07) is 21.3. The Morgan fingerprint density at radius 1 is 1.09 bits per heavy atom.